The molecule has 2 aliphatic heterocycles. The van der Waals surface area contributed by atoms with Crippen LogP contribution in [0.15, 0.2) is 24.0 Å². The molecule has 1 fully saturated rings. The van der Waals surface area contributed by atoms with Crippen LogP contribution in [-0.4, -0.2) is 81.4 Å². The van der Waals surface area contributed by atoms with Crippen molar-refractivity contribution in [3.8, 4) is 11.5 Å². The molecule has 35 heavy (non-hydrogen) atoms. The third-order valence-corrected chi connectivity index (χ3v) is 8.07. The highest BCUT2D eigenvalue weighted by Gasteiger charge is 2.72. The van der Waals surface area contributed by atoms with E-state index in [2.05, 4.69) is 10.2 Å². The highest BCUT2D eigenvalue weighted by Crippen LogP contribution is 2.65. The van der Waals surface area contributed by atoms with Gasteiger partial charge in [-0.25, -0.2) is 4.79 Å². The summed E-state index contributed by atoms with van der Waals surface area (Å²) in [5.74, 6) is -1.47. The van der Waals surface area contributed by atoms with Crippen LogP contribution in [0.5, 0.6) is 11.5 Å². The Morgan fingerprint density at radius 3 is 2.80 bits per heavy atom. The number of phenolic OH excluding ortho intramolecular Hbond substituents is 1. The van der Waals surface area contributed by atoms with Gasteiger partial charge in [-0.2, -0.15) is 0 Å². The van der Waals surface area contributed by atoms with Crippen molar-refractivity contribution >= 4 is 17.7 Å². The summed E-state index contributed by atoms with van der Waals surface area (Å²) >= 11 is 0. The maximum absolute atomic E-state index is 12.9. The molecule has 0 unspecified atom stereocenters. The van der Waals surface area contributed by atoms with Crippen LogP contribution in [0.25, 0.3) is 0 Å². The Morgan fingerprint density at radius 2 is 2.09 bits per heavy atom. The lowest BCUT2D eigenvalue weighted by Crippen LogP contribution is -2.74. The van der Waals surface area contributed by atoms with Gasteiger partial charge in [-0.3, -0.25) is 9.59 Å². The van der Waals surface area contributed by atoms with Crippen molar-refractivity contribution in [2.24, 2.45) is 0 Å². The van der Waals surface area contributed by atoms with Crippen molar-refractivity contribution < 1.29 is 39.2 Å². The highest BCUT2D eigenvalue weighted by molar-refractivity contribution is 5.90. The number of aromatic hydroxyl groups is 1. The molecule has 6 atom stereocenters. The average molecular weight is 487 g/mol. The van der Waals surface area contributed by atoms with Gasteiger partial charge in [0.25, 0.3) is 0 Å². The number of aliphatic hydroxyl groups is 2. The predicted octanol–water partition coefficient (Wildman–Crippen LogP) is 0.0578. The van der Waals surface area contributed by atoms with Gasteiger partial charge in [-0.05, 0) is 58.0 Å². The molecule has 4 N–H and O–H groups in total. The number of likely N-dealkylation sites (N-methyl/N-ethyl adjacent to an activating group) is 1. The second-order valence-electron chi connectivity index (χ2n) is 10.2. The molecule has 4 aliphatic rings. The smallest absolute Gasteiger partial charge is 0.333 e. The Morgan fingerprint density at radius 1 is 1.34 bits per heavy atom. The first-order valence-electron chi connectivity index (χ1n) is 11.8. The van der Waals surface area contributed by atoms with Crippen LogP contribution >= 0.6 is 0 Å². The molecule has 2 heterocycles. The maximum atomic E-state index is 12.9. The number of piperidine rings is 1. The first-order chi connectivity index (χ1) is 16.5. The van der Waals surface area contributed by atoms with Crippen molar-refractivity contribution in [3.63, 3.8) is 0 Å². The van der Waals surface area contributed by atoms with Crippen molar-refractivity contribution in [1.29, 1.82) is 0 Å². The topological polar surface area (TPSA) is 146 Å². The molecule has 2 bridgehead atoms. The maximum Gasteiger partial charge on any atom is 0.333 e. The van der Waals surface area contributed by atoms with Crippen LogP contribution < -0.4 is 10.1 Å². The number of Topliss-reactive ketones (excluding diaryl/α,β-unsaturated/α-hetero) is 1. The lowest BCUT2D eigenvalue weighted by Gasteiger charge is -2.61. The summed E-state index contributed by atoms with van der Waals surface area (Å²) in [6.07, 6.45) is 0.311. The van der Waals surface area contributed by atoms with Crippen molar-refractivity contribution in [1.82, 2.24) is 10.2 Å². The van der Waals surface area contributed by atoms with E-state index in [-0.39, 0.29) is 36.2 Å². The standard InChI is InChI=1S/C25H30N2O8/c1-12(28)10-16(30)22(31)26-13(2)23(32)34-17-6-7-25(33)18-11-14-4-5-15(29)20-19(14)24(25,21(17)35-20)8-9-27(18)3/h4-6,13,16,18,21,29-30,33H,7-11H2,1-3H3,(H,26,31)/t13-,16-,18+,21-,24-,25+/m0/s1. The summed E-state index contributed by atoms with van der Waals surface area (Å²) in [6.45, 7) is 3.37. The third kappa shape index (κ3) is 3.30. The number of rotatable bonds is 6. The molecule has 1 aromatic carbocycles. The van der Waals surface area contributed by atoms with E-state index >= 15 is 0 Å². The van der Waals surface area contributed by atoms with Gasteiger partial charge < -0.3 is 35.0 Å². The van der Waals surface area contributed by atoms with Crippen LogP contribution in [0, 0.1) is 0 Å². The number of likely N-dealkylation sites (tertiary alicyclic amines) is 1. The minimum absolute atomic E-state index is 0.0296. The summed E-state index contributed by atoms with van der Waals surface area (Å²) in [7, 11) is 1.98. The van der Waals surface area contributed by atoms with Gasteiger partial charge in [-0.1, -0.05) is 6.07 Å². The minimum atomic E-state index is -1.56. The van der Waals surface area contributed by atoms with Crippen LogP contribution in [0.3, 0.4) is 0 Å². The van der Waals surface area contributed by atoms with Crippen LogP contribution in [0.4, 0.5) is 0 Å². The zero-order valence-corrected chi connectivity index (χ0v) is 19.9. The lowest BCUT2D eigenvalue weighted by molar-refractivity contribution is -0.170. The van der Waals surface area contributed by atoms with Gasteiger partial charge in [0.15, 0.2) is 17.6 Å². The molecule has 1 spiro atoms. The van der Waals surface area contributed by atoms with Gasteiger partial charge in [0.1, 0.15) is 23.7 Å². The Kier molecular flexibility index (Phi) is 5.46. The number of benzene rings is 1. The number of aliphatic hydroxyl groups excluding tert-OH is 1. The monoisotopic (exact) mass is 486 g/mol. The number of amides is 1. The number of nitrogens with one attached hydrogen (secondary N) is 1. The fourth-order valence-corrected chi connectivity index (χ4v) is 6.38. The summed E-state index contributed by atoms with van der Waals surface area (Å²) in [6, 6.07) is 2.18. The molecule has 10 nitrogen and oxygen atoms in total. The fourth-order valence-electron chi connectivity index (χ4n) is 6.38. The second-order valence-corrected chi connectivity index (χ2v) is 10.2. The average Bonchev–Trinajstić information content (AvgIpc) is 3.15. The van der Waals surface area contributed by atoms with E-state index in [1.165, 1.54) is 13.8 Å². The first-order valence-corrected chi connectivity index (χ1v) is 11.8. The molecule has 0 aromatic heterocycles. The molecule has 0 saturated carbocycles. The van der Waals surface area contributed by atoms with E-state index in [4.69, 9.17) is 9.47 Å². The molecule has 10 heteroatoms. The van der Waals surface area contributed by atoms with Gasteiger partial charge >= 0.3 is 5.97 Å². The van der Waals surface area contributed by atoms with Gasteiger partial charge in [0.05, 0.1) is 11.0 Å². The van der Waals surface area contributed by atoms with E-state index in [9.17, 15) is 29.7 Å². The minimum Gasteiger partial charge on any atom is -0.504 e. The largest absolute Gasteiger partial charge is 0.504 e. The quantitative estimate of drug-likeness (QED) is 0.410. The number of carbonyl (C=O) groups is 3. The Bertz CT molecular complexity index is 1150. The van der Waals surface area contributed by atoms with Gasteiger partial charge in [0, 0.05) is 24.4 Å². The fraction of sp³-hybridized carbons (Fsp3) is 0.560. The molecular formula is C25H30N2O8. The molecule has 188 valence electrons. The Balaban J connectivity index is 1.43. The Labute approximate surface area is 202 Å². The van der Waals surface area contributed by atoms with Crippen molar-refractivity contribution in [2.75, 3.05) is 13.6 Å². The van der Waals surface area contributed by atoms with Gasteiger partial charge in [0.2, 0.25) is 5.91 Å². The predicted molar refractivity (Wildman–Crippen MR) is 122 cm³/mol. The molecule has 1 saturated heterocycles. The highest BCUT2D eigenvalue weighted by atomic mass is 16.6. The number of hydrogen-bond acceptors (Lipinski definition) is 9. The zero-order chi connectivity index (χ0) is 25.3. The normalized spacial score (nSPS) is 32.0. The van der Waals surface area contributed by atoms with Crippen molar-refractivity contribution in [3.05, 3.63) is 35.1 Å². The van der Waals surface area contributed by atoms with Crippen molar-refractivity contribution in [2.45, 2.75) is 74.8 Å². The molecule has 1 amide bonds. The number of nitrogens with zero attached hydrogens (tertiary/aromatic N) is 1. The van der Waals surface area contributed by atoms with Gasteiger partial charge in [-0.15, -0.1) is 0 Å². The first kappa shape index (κ1) is 23.8. The second kappa shape index (κ2) is 8.04. The van der Waals surface area contributed by atoms with Crippen LogP contribution in [-0.2, 0) is 31.0 Å². The lowest BCUT2D eigenvalue weighted by atomic mass is 9.50. The molecule has 2 aliphatic carbocycles. The zero-order valence-electron chi connectivity index (χ0n) is 19.9. The molecule has 0 radical (unpaired) electrons. The number of ether oxygens (including phenoxy) is 2. The molecular weight excluding hydrogens is 456 g/mol. The number of esters is 1. The number of ketones is 1. The summed E-state index contributed by atoms with van der Waals surface area (Å²) in [5.41, 5.74) is -0.289. The number of phenols is 1. The SMILES string of the molecule is CC(=O)C[C@H](O)C(=O)N[C@@H](C)C(=O)OC1=CC[C@@]2(O)[C@H]3Cc4ccc(O)c5c4[C@@]2(CCN3C)[C@H]1O5. The van der Waals surface area contributed by atoms with E-state index in [1.54, 1.807) is 12.1 Å². The molecule has 5 rings (SSSR count). The summed E-state index contributed by atoms with van der Waals surface area (Å²) in [4.78, 5) is 38.3. The van der Waals surface area contributed by atoms with Crippen LogP contribution in [0.1, 0.15) is 44.2 Å². The third-order valence-electron chi connectivity index (χ3n) is 8.07. The number of hydrogen-bond donors (Lipinski definition) is 4. The summed E-state index contributed by atoms with van der Waals surface area (Å²) < 4.78 is 11.9. The van der Waals surface area contributed by atoms with Crippen LogP contribution in [0.2, 0.25) is 0 Å². The summed E-state index contributed by atoms with van der Waals surface area (Å²) in [5, 5.41) is 34.8. The van der Waals surface area contributed by atoms with E-state index in [1.807, 2.05) is 13.1 Å². The Hall–Kier alpha value is -2.95. The number of carbonyl (C=O) groups excluding carboxylic acids is 3. The van der Waals surface area contributed by atoms with E-state index in [0.29, 0.717) is 25.1 Å². The van der Waals surface area contributed by atoms with E-state index in [0.717, 1.165) is 11.1 Å². The van der Waals surface area contributed by atoms with E-state index < -0.39 is 41.1 Å². The molecule has 1 aromatic rings.